The zero-order valence-corrected chi connectivity index (χ0v) is 20.0. The van der Waals surface area contributed by atoms with Gasteiger partial charge in [0.1, 0.15) is 5.75 Å². The van der Waals surface area contributed by atoms with Gasteiger partial charge in [0.05, 0.1) is 10.5 Å². The fourth-order valence-corrected chi connectivity index (χ4v) is 4.97. The van der Waals surface area contributed by atoms with E-state index in [1.165, 1.54) is 11.8 Å². The second kappa shape index (κ2) is 10.7. The van der Waals surface area contributed by atoms with Crippen molar-refractivity contribution in [1.29, 1.82) is 0 Å². The Bertz CT molecular complexity index is 1240. The van der Waals surface area contributed by atoms with Crippen LogP contribution in [0.1, 0.15) is 54.1 Å². The molecular weight excluding hydrogens is 450 g/mol. The number of aryl methyl sites for hydroxylation is 2. The molecule has 0 unspecified atom stereocenters. The number of sulfonamides is 1. The highest BCUT2D eigenvalue weighted by molar-refractivity contribution is 7.92. The summed E-state index contributed by atoms with van der Waals surface area (Å²) < 4.78 is 34.0. The predicted octanol–water partition coefficient (Wildman–Crippen LogP) is 5.08. The van der Waals surface area contributed by atoms with Crippen LogP contribution in [0.15, 0.2) is 65.7 Å². The van der Waals surface area contributed by atoms with Gasteiger partial charge in [0, 0.05) is 24.5 Å². The summed E-state index contributed by atoms with van der Waals surface area (Å²) in [6.07, 6.45) is 7.59. The first-order valence-electron chi connectivity index (χ1n) is 11.6. The van der Waals surface area contributed by atoms with Crippen LogP contribution in [-0.4, -0.2) is 25.9 Å². The summed E-state index contributed by atoms with van der Waals surface area (Å²) in [7, 11) is -3.68. The minimum atomic E-state index is -3.68. The molecule has 4 rings (SSSR count). The van der Waals surface area contributed by atoms with Crippen molar-refractivity contribution >= 4 is 21.6 Å². The summed E-state index contributed by atoms with van der Waals surface area (Å²) >= 11 is 0. The molecule has 178 valence electrons. The van der Waals surface area contributed by atoms with E-state index in [-0.39, 0.29) is 10.8 Å². The second-order valence-electron chi connectivity index (χ2n) is 8.36. The third-order valence-corrected chi connectivity index (χ3v) is 7.15. The van der Waals surface area contributed by atoms with Crippen LogP contribution in [0.4, 0.5) is 5.69 Å². The number of ether oxygens (including phenoxy) is 1. The number of aromatic nitrogens is 1. The number of hydrogen-bond donors (Lipinski definition) is 2. The summed E-state index contributed by atoms with van der Waals surface area (Å²) in [4.78, 5) is 16.5. The molecule has 8 heteroatoms. The van der Waals surface area contributed by atoms with Gasteiger partial charge in [0.2, 0.25) is 5.88 Å². The van der Waals surface area contributed by atoms with Crippen molar-refractivity contribution in [2.45, 2.75) is 50.3 Å². The molecule has 1 heterocycles. The molecular formula is C26H29N3O4S. The zero-order chi connectivity index (χ0) is 24.0. The van der Waals surface area contributed by atoms with Crippen LogP contribution < -0.4 is 14.8 Å². The van der Waals surface area contributed by atoms with Crippen molar-refractivity contribution in [2.24, 2.45) is 0 Å². The summed E-state index contributed by atoms with van der Waals surface area (Å²) in [5, 5.41) is 2.84. The molecule has 2 aromatic carbocycles. The summed E-state index contributed by atoms with van der Waals surface area (Å²) in [6, 6.07) is 15.3. The number of carbonyl (C=O) groups is 1. The van der Waals surface area contributed by atoms with Crippen LogP contribution in [0.2, 0.25) is 0 Å². The van der Waals surface area contributed by atoms with Crippen LogP contribution >= 0.6 is 0 Å². The number of amides is 1. The second-order valence-corrected chi connectivity index (χ2v) is 10.0. The summed E-state index contributed by atoms with van der Waals surface area (Å²) in [6.45, 7) is 2.70. The first kappa shape index (κ1) is 23.8. The van der Waals surface area contributed by atoms with Gasteiger partial charge >= 0.3 is 0 Å². The Morgan fingerprint density at radius 3 is 2.47 bits per heavy atom. The monoisotopic (exact) mass is 479 g/mol. The number of hydrogen-bond acceptors (Lipinski definition) is 5. The number of benzene rings is 2. The quantitative estimate of drug-likeness (QED) is 0.417. The Morgan fingerprint density at radius 2 is 1.76 bits per heavy atom. The van der Waals surface area contributed by atoms with E-state index in [2.05, 4.69) is 21.9 Å². The normalized spacial score (nSPS) is 13.1. The lowest BCUT2D eigenvalue weighted by molar-refractivity contribution is 0.0952. The molecule has 1 aliphatic rings. The van der Waals surface area contributed by atoms with E-state index >= 15 is 0 Å². The van der Waals surface area contributed by atoms with Crippen LogP contribution in [0.3, 0.4) is 0 Å². The number of anilines is 1. The van der Waals surface area contributed by atoms with Crippen molar-refractivity contribution in [3.63, 3.8) is 0 Å². The van der Waals surface area contributed by atoms with Crippen molar-refractivity contribution in [3.8, 4) is 11.6 Å². The predicted molar refractivity (Wildman–Crippen MR) is 132 cm³/mol. The molecule has 34 heavy (non-hydrogen) atoms. The highest BCUT2D eigenvalue weighted by atomic mass is 32.2. The molecule has 1 amide bonds. The van der Waals surface area contributed by atoms with Gasteiger partial charge in [0.15, 0.2) is 0 Å². The lowest BCUT2D eigenvalue weighted by Crippen LogP contribution is -2.24. The van der Waals surface area contributed by atoms with Gasteiger partial charge in [0.25, 0.3) is 15.9 Å². The van der Waals surface area contributed by atoms with E-state index in [0.29, 0.717) is 29.4 Å². The standard InChI is InChI=1S/C26H29N3O4S/c1-2-3-16-27-26(30)21-9-15-25(28-18-21)33-23-12-10-22(11-13-23)29-34(31,32)24-14-8-19-6-4-5-7-20(19)17-24/h8-15,17-18,29H,2-7,16H2,1H3,(H,27,30). The largest absolute Gasteiger partial charge is 0.439 e. The van der Waals surface area contributed by atoms with Crippen LogP contribution in [0.25, 0.3) is 0 Å². The summed E-state index contributed by atoms with van der Waals surface area (Å²) in [5.41, 5.74) is 3.27. The average Bonchev–Trinajstić information content (AvgIpc) is 2.85. The van der Waals surface area contributed by atoms with Crippen LogP contribution in [-0.2, 0) is 22.9 Å². The van der Waals surface area contributed by atoms with Gasteiger partial charge in [-0.15, -0.1) is 0 Å². The Kier molecular flexibility index (Phi) is 7.47. The van der Waals surface area contributed by atoms with Crippen LogP contribution in [0, 0.1) is 0 Å². The van der Waals surface area contributed by atoms with Crippen LogP contribution in [0.5, 0.6) is 11.6 Å². The Hall–Kier alpha value is -3.39. The van der Waals surface area contributed by atoms with E-state index in [1.54, 1.807) is 48.5 Å². The van der Waals surface area contributed by atoms with Gasteiger partial charge in [-0.3, -0.25) is 9.52 Å². The van der Waals surface area contributed by atoms with E-state index in [4.69, 9.17) is 4.74 Å². The molecule has 0 saturated heterocycles. The van der Waals surface area contributed by atoms with E-state index in [0.717, 1.165) is 44.1 Å². The summed E-state index contributed by atoms with van der Waals surface area (Å²) in [5.74, 6) is 0.680. The highest BCUT2D eigenvalue weighted by Crippen LogP contribution is 2.26. The maximum Gasteiger partial charge on any atom is 0.261 e. The molecule has 0 radical (unpaired) electrons. The maximum atomic E-state index is 12.8. The minimum Gasteiger partial charge on any atom is -0.439 e. The van der Waals surface area contributed by atoms with Gasteiger partial charge < -0.3 is 10.1 Å². The van der Waals surface area contributed by atoms with Crippen molar-refractivity contribution < 1.29 is 17.9 Å². The number of pyridine rings is 1. The fraction of sp³-hybridized carbons (Fsp3) is 0.308. The average molecular weight is 480 g/mol. The Labute approximate surface area is 200 Å². The van der Waals surface area contributed by atoms with E-state index < -0.39 is 10.0 Å². The van der Waals surface area contributed by atoms with Crippen molar-refractivity contribution in [2.75, 3.05) is 11.3 Å². The molecule has 7 nitrogen and oxygen atoms in total. The van der Waals surface area contributed by atoms with Gasteiger partial charge in [-0.1, -0.05) is 19.4 Å². The number of nitrogens with one attached hydrogen (secondary N) is 2. The number of unbranched alkanes of at least 4 members (excludes halogenated alkanes) is 1. The zero-order valence-electron chi connectivity index (χ0n) is 19.2. The topological polar surface area (TPSA) is 97.4 Å². The van der Waals surface area contributed by atoms with Crippen molar-refractivity contribution in [1.82, 2.24) is 10.3 Å². The molecule has 1 aromatic heterocycles. The number of fused-ring (bicyclic) bond motifs is 1. The first-order chi connectivity index (χ1) is 16.4. The maximum absolute atomic E-state index is 12.8. The fourth-order valence-electron chi connectivity index (χ4n) is 3.86. The first-order valence-corrected chi connectivity index (χ1v) is 13.1. The Balaban J connectivity index is 1.37. The number of carbonyl (C=O) groups excluding carboxylic acids is 1. The number of rotatable bonds is 9. The molecule has 1 aliphatic carbocycles. The van der Waals surface area contributed by atoms with Crippen molar-refractivity contribution in [3.05, 3.63) is 77.5 Å². The third-order valence-electron chi connectivity index (χ3n) is 5.77. The molecule has 0 spiro atoms. The lowest BCUT2D eigenvalue weighted by Gasteiger charge is -2.17. The molecule has 2 N–H and O–H groups in total. The third kappa shape index (κ3) is 5.94. The molecule has 0 fully saturated rings. The Morgan fingerprint density at radius 1 is 1.00 bits per heavy atom. The van der Waals surface area contributed by atoms with Gasteiger partial charge in [-0.2, -0.15) is 0 Å². The molecule has 0 atom stereocenters. The molecule has 0 bridgehead atoms. The van der Waals surface area contributed by atoms with E-state index in [1.807, 2.05) is 6.07 Å². The molecule has 0 aliphatic heterocycles. The van der Waals surface area contributed by atoms with Gasteiger partial charge in [-0.25, -0.2) is 13.4 Å². The number of nitrogens with zero attached hydrogens (tertiary/aromatic N) is 1. The highest BCUT2D eigenvalue weighted by Gasteiger charge is 2.18. The lowest BCUT2D eigenvalue weighted by atomic mass is 9.92. The SMILES string of the molecule is CCCCNC(=O)c1ccc(Oc2ccc(NS(=O)(=O)c3ccc4c(c3)CCCC4)cc2)nc1. The molecule has 0 saturated carbocycles. The minimum absolute atomic E-state index is 0.164. The van der Waals surface area contributed by atoms with Gasteiger partial charge in [-0.05, 0) is 85.7 Å². The van der Waals surface area contributed by atoms with E-state index in [9.17, 15) is 13.2 Å². The molecule has 3 aromatic rings. The smallest absolute Gasteiger partial charge is 0.261 e.